The third-order valence-corrected chi connectivity index (χ3v) is 3.56. The molecular formula is C19H18N2O. The van der Waals surface area contributed by atoms with Crippen LogP contribution in [0.3, 0.4) is 0 Å². The van der Waals surface area contributed by atoms with Crippen molar-refractivity contribution in [3.63, 3.8) is 0 Å². The first-order valence-corrected chi connectivity index (χ1v) is 7.38. The van der Waals surface area contributed by atoms with E-state index in [1.165, 1.54) is 5.56 Å². The first kappa shape index (κ1) is 15.6. The van der Waals surface area contributed by atoms with Gasteiger partial charge in [-0.25, -0.2) is 0 Å². The Morgan fingerprint density at radius 3 is 2.64 bits per heavy atom. The van der Waals surface area contributed by atoms with Crippen LogP contribution in [0.5, 0.6) is 5.75 Å². The summed E-state index contributed by atoms with van der Waals surface area (Å²) in [6.07, 6.45) is 1.57. The normalized spacial score (nSPS) is 11.2. The average Bonchev–Trinajstić information content (AvgIpc) is 2.59. The topological polar surface area (TPSA) is 56.8 Å². The predicted octanol–water partition coefficient (Wildman–Crippen LogP) is 4.20. The van der Waals surface area contributed by atoms with E-state index in [2.05, 4.69) is 25.1 Å². The fourth-order valence-corrected chi connectivity index (χ4v) is 2.28. The molecule has 1 unspecified atom stereocenters. The van der Waals surface area contributed by atoms with Gasteiger partial charge in [-0.3, -0.25) is 0 Å². The highest BCUT2D eigenvalue weighted by molar-refractivity contribution is 5.36. The molecule has 0 spiro atoms. The van der Waals surface area contributed by atoms with E-state index in [9.17, 15) is 5.26 Å². The van der Waals surface area contributed by atoms with Crippen molar-refractivity contribution in [1.29, 1.82) is 10.5 Å². The van der Waals surface area contributed by atoms with E-state index < -0.39 is 0 Å². The Balaban J connectivity index is 1.96. The highest BCUT2D eigenvalue weighted by Crippen LogP contribution is 2.21. The minimum atomic E-state index is -0.261. The van der Waals surface area contributed by atoms with Crippen molar-refractivity contribution in [1.82, 2.24) is 0 Å². The molecule has 3 nitrogen and oxygen atoms in total. The summed E-state index contributed by atoms with van der Waals surface area (Å²) < 4.78 is 5.74. The molecule has 2 rings (SSSR count). The molecule has 0 aliphatic heterocycles. The van der Waals surface area contributed by atoms with E-state index in [1.54, 1.807) is 12.1 Å². The Bertz CT molecular complexity index is 710. The molecule has 0 aliphatic rings. The van der Waals surface area contributed by atoms with Crippen LogP contribution in [-0.2, 0) is 6.42 Å². The molecule has 0 aliphatic carbocycles. The lowest BCUT2D eigenvalue weighted by atomic mass is 9.96. The molecule has 0 saturated carbocycles. The number of aryl methyl sites for hydroxylation is 1. The van der Waals surface area contributed by atoms with Gasteiger partial charge in [-0.05, 0) is 41.8 Å². The Morgan fingerprint density at radius 1 is 1.09 bits per heavy atom. The number of hydrogen-bond donors (Lipinski definition) is 0. The van der Waals surface area contributed by atoms with Gasteiger partial charge in [-0.2, -0.15) is 10.5 Å². The van der Waals surface area contributed by atoms with Gasteiger partial charge >= 0.3 is 0 Å². The highest BCUT2D eigenvalue weighted by Gasteiger charge is 2.11. The summed E-state index contributed by atoms with van der Waals surface area (Å²) in [6.45, 7) is 2.58. The van der Waals surface area contributed by atoms with Crippen molar-refractivity contribution in [2.45, 2.75) is 25.7 Å². The molecule has 0 bridgehead atoms. The molecule has 3 heteroatoms. The van der Waals surface area contributed by atoms with Crippen LogP contribution in [0.2, 0.25) is 0 Å². The second-order valence-electron chi connectivity index (χ2n) is 5.06. The highest BCUT2D eigenvalue weighted by atomic mass is 16.5. The number of nitrogens with zero attached hydrogens (tertiary/aromatic N) is 2. The van der Waals surface area contributed by atoms with Gasteiger partial charge in [0.2, 0.25) is 0 Å². The summed E-state index contributed by atoms with van der Waals surface area (Å²) in [5.41, 5.74) is 2.68. The number of rotatable bonds is 6. The van der Waals surface area contributed by atoms with Gasteiger partial charge in [-0.15, -0.1) is 0 Å². The molecule has 110 valence electrons. The molecule has 1 atom stereocenters. The third kappa shape index (κ3) is 4.11. The van der Waals surface area contributed by atoms with Crippen molar-refractivity contribution < 1.29 is 4.74 Å². The Hall–Kier alpha value is -2.78. The molecule has 22 heavy (non-hydrogen) atoms. The SMILES string of the molecule is CCc1cccc(OCCC(C#N)c2cccc(C#N)c2)c1. The van der Waals surface area contributed by atoms with Crippen LogP contribution in [-0.4, -0.2) is 6.61 Å². The van der Waals surface area contributed by atoms with E-state index in [1.807, 2.05) is 30.3 Å². The monoisotopic (exact) mass is 290 g/mol. The van der Waals surface area contributed by atoms with Crippen LogP contribution < -0.4 is 4.74 Å². The lowest BCUT2D eigenvalue weighted by Crippen LogP contribution is -2.05. The summed E-state index contributed by atoms with van der Waals surface area (Å²) in [7, 11) is 0. The summed E-state index contributed by atoms with van der Waals surface area (Å²) in [4.78, 5) is 0. The third-order valence-electron chi connectivity index (χ3n) is 3.56. The molecule has 2 aromatic carbocycles. The van der Waals surface area contributed by atoms with Crippen LogP contribution in [0.4, 0.5) is 0 Å². The maximum Gasteiger partial charge on any atom is 0.119 e. The molecule has 2 aromatic rings. The number of hydrogen-bond acceptors (Lipinski definition) is 3. The Kier molecular flexibility index (Phi) is 5.57. The van der Waals surface area contributed by atoms with E-state index in [0.29, 0.717) is 18.6 Å². The lowest BCUT2D eigenvalue weighted by Gasteiger charge is -2.11. The van der Waals surface area contributed by atoms with Crippen molar-refractivity contribution in [2.24, 2.45) is 0 Å². The van der Waals surface area contributed by atoms with Crippen molar-refractivity contribution in [3.05, 3.63) is 65.2 Å². The maximum absolute atomic E-state index is 9.33. The van der Waals surface area contributed by atoms with Crippen LogP contribution in [0.15, 0.2) is 48.5 Å². The zero-order valence-electron chi connectivity index (χ0n) is 12.6. The summed E-state index contributed by atoms with van der Waals surface area (Å²) in [5, 5.41) is 18.3. The largest absolute Gasteiger partial charge is 0.494 e. The minimum absolute atomic E-state index is 0.261. The Labute approximate surface area is 131 Å². The van der Waals surface area contributed by atoms with Gasteiger partial charge in [0.05, 0.1) is 30.2 Å². The van der Waals surface area contributed by atoms with Crippen molar-refractivity contribution in [2.75, 3.05) is 6.61 Å². The van der Waals surface area contributed by atoms with Gasteiger partial charge in [0.25, 0.3) is 0 Å². The number of nitriles is 2. The number of benzene rings is 2. The van der Waals surface area contributed by atoms with Crippen LogP contribution in [0.1, 0.15) is 36.0 Å². The van der Waals surface area contributed by atoms with Crippen LogP contribution in [0.25, 0.3) is 0 Å². The standard InChI is InChI=1S/C19H18N2O/c1-2-15-5-4-8-19(12-15)22-10-9-18(14-21)17-7-3-6-16(11-17)13-20/h3-8,11-12,18H,2,9-10H2,1H3. The van der Waals surface area contributed by atoms with Crippen LogP contribution in [0, 0.1) is 22.7 Å². The van der Waals surface area contributed by atoms with Gasteiger partial charge < -0.3 is 4.74 Å². The van der Waals surface area contributed by atoms with Crippen LogP contribution >= 0.6 is 0 Å². The molecule has 0 N–H and O–H groups in total. The van der Waals surface area contributed by atoms with Crippen molar-refractivity contribution >= 4 is 0 Å². The zero-order valence-corrected chi connectivity index (χ0v) is 12.6. The molecular weight excluding hydrogens is 272 g/mol. The molecule has 0 fully saturated rings. The fourth-order valence-electron chi connectivity index (χ4n) is 2.28. The van der Waals surface area contributed by atoms with Gasteiger partial charge in [0, 0.05) is 6.42 Å². The fraction of sp³-hybridized carbons (Fsp3) is 0.263. The van der Waals surface area contributed by atoms with E-state index in [-0.39, 0.29) is 5.92 Å². The maximum atomic E-state index is 9.33. The molecule has 0 amide bonds. The van der Waals surface area contributed by atoms with Gasteiger partial charge in [-0.1, -0.05) is 31.2 Å². The van der Waals surface area contributed by atoms with E-state index in [0.717, 1.165) is 17.7 Å². The average molecular weight is 290 g/mol. The quantitative estimate of drug-likeness (QED) is 0.801. The number of ether oxygens (including phenoxy) is 1. The second-order valence-corrected chi connectivity index (χ2v) is 5.06. The van der Waals surface area contributed by atoms with Gasteiger partial charge in [0.1, 0.15) is 5.75 Å². The summed E-state index contributed by atoms with van der Waals surface area (Å²) in [5.74, 6) is 0.574. The van der Waals surface area contributed by atoms with Crippen molar-refractivity contribution in [3.8, 4) is 17.9 Å². The zero-order chi connectivity index (χ0) is 15.8. The smallest absolute Gasteiger partial charge is 0.119 e. The predicted molar refractivity (Wildman–Crippen MR) is 85.4 cm³/mol. The molecule has 0 saturated heterocycles. The molecule has 0 aromatic heterocycles. The Morgan fingerprint density at radius 2 is 1.91 bits per heavy atom. The minimum Gasteiger partial charge on any atom is -0.494 e. The first-order chi connectivity index (χ1) is 10.8. The summed E-state index contributed by atoms with van der Waals surface area (Å²) >= 11 is 0. The summed E-state index contributed by atoms with van der Waals surface area (Å²) in [6, 6.07) is 19.6. The van der Waals surface area contributed by atoms with Gasteiger partial charge in [0.15, 0.2) is 0 Å². The van der Waals surface area contributed by atoms with E-state index >= 15 is 0 Å². The lowest BCUT2D eigenvalue weighted by molar-refractivity contribution is 0.305. The molecule has 0 heterocycles. The second kappa shape index (κ2) is 7.86. The van der Waals surface area contributed by atoms with E-state index in [4.69, 9.17) is 10.00 Å². The first-order valence-electron chi connectivity index (χ1n) is 7.38. The molecule has 0 radical (unpaired) electrons.